The first-order valence-electron chi connectivity index (χ1n) is 7.14. The van der Waals surface area contributed by atoms with Crippen LogP contribution in [0.2, 0.25) is 0 Å². The van der Waals surface area contributed by atoms with E-state index in [4.69, 9.17) is 4.74 Å². The van der Waals surface area contributed by atoms with Crippen molar-refractivity contribution in [2.24, 2.45) is 5.92 Å². The molecule has 126 valence electrons. The molecule has 0 aromatic carbocycles. The molecule has 2 atom stereocenters. The van der Waals surface area contributed by atoms with Crippen molar-refractivity contribution >= 4 is 0 Å². The van der Waals surface area contributed by atoms with Gasteiger partial charge in [0, 0.05) is 12.6 Å². The zero-order chi connectivity index (χ0) is 16.1. The molecular formula is C13H21F6NO. The molecule has 1 heterocycles. The third-order valence-electron chi connectivity index (χ3n) is 3.64. The fourth-order valence-electron chi connectivity index (χ4n) is 2.73. The van der Waals surface area contributed by atoms with Gasteiger partial charge < -0.3 is 10.1 Å². The summed E-state index contributed by atoms with van der Waals surface area (Å²) in [6.45, 7) is 2.18. The number of ether oxygens (including phenoxy) is 1. The van der Waals surface area contributed by atoms with Gasteiger partial charge in [0.15, 0.2) is 5.92 Å². The van der Waals surface area contributed by atoms with Gasteiger partial charge in [-0.1, -0.05) is 6.92 Å². The summed E-state index contributed by atoms with van der Waals surface area (Å²) < 4.78 is 81.7. The summed E-state index contributed by atoms with van der Waals surface area (Å²) in [5.41, 5.74) is 0. The van der Waals surface area contributed by atoms with Crippen molar-refractivity contribution in [3.05, 3.63) is 0 Å². The van der Waals surface area contributed by atoms with Crippen LogP contribution in [-0.4, -0.2) is 37.7 Å². The second kappa shape index (κ2) is 7.67. The smallest absolute Gasteiger partial charge is 0.378 e. The molecule has 0 radical (unpaired) electrons. The highest BCUT2D eigenvalue weighted by molar-refractivity contribution is 4.87. The molecule has 2 nitrogen and oxygen atoms in total. The van der Waals surface area contributed by atoms with Gasteiger partial charge in [-0.15, -0.1) is 0 Å². The van der Waals surface area contributed by atoms with E-state index >= 15 is 0 Å². The molecule has 1 rings (SSSR count). The number of hydrogen-bond donors (Lipinski definition) is 1. The summed E-state index contributed by atoms with van der Waals surface area (Å²) in [5.74, 6) is -3.32. The molecule has 0 aromatic rings. The molecule has 1 N–H and O–H groups in total. The predicted molar refractivity (Wildman–Crippen MR) is 65.9 cm³/mol. The van der Waals surface area contributed by atoms with Crippen LogP contribution < -0.4 is 5.32 Å². The standard InChI is InChI=1S/C13H21F6NO/c1-2-20-10(7-3-5-9-6-4-8-21-9)11(12(14,15)16)13(17,18)19/h9-11,20H,2-8H2,1H3. The molecule has 8 heteroatoms. The SMILES string of the molecule is CCNC(CCCC1CCCO1)C(C(F)(F)F)C(F)(F)F. The molecule has 0 bridgehead atoms. The van der Waals surface area contributed by atoms with E-state index in [1.54, 1.807) is 0 Å². The summed E-state index contributed by atoms with van der Waals surface area (Å²) in [7, 11) is 0. The van der Waals surface area contributed by atoms with Gasteiger partial charge in [0.2, 0.25) is 0 Å². The summed E-state index contributed by atoms with van der Waals surface area (Å²) in [6, 6.07) is -1.64. The van der Waals surface area contributed by atoms with E-state index in [2.05, 4.69) is 5.32 Å². The number of halogens is 6. The van der Waals surface area contributed by atoms with Crippen molar-refractivity contribution in [2.75, 3.05) is 13.2 Å². The Morgan fingerprint density at radius 1 is 1.14 bits per heavy atom. The number of nitrogens with one attached hydrogen (secondary N) is 1. The molecule has 0 aromatic heterocycles. The van der Waals surface area contributed by atoms with Crippen LogP contribution >= 0.6 is 0 Å². The Labute approximate surface area is 120 Å². The zero-order valence-corrected chi connectivity index (χ0v) is 11.9. The zero-order valence-electron chi connectivity index (χ0n) is 11.9. The van der Waals surface area contributed by atoms with E-state index in [1.165, 1.54) is 6.92 Å². The minimum Gasteiger partial charge on any atom is -0.378 e. The first kappa shape index (κ1) is 18.5. The number of alkyl halides is 6. The molecule has 0 saturated carbocycles. The topological polar surface area (TPSA) is 21.3 Å². The van der Waals surface area contributed by atoms with Crippen LogP contribution in [0.1, 0.15) is 39.0 Å². The summed E-state index contributed by atoms with van der Waals surface area (Å²) in [4.78, 5) is 0. The maximum atomic E-state index is 12.7. The second-order valence-electron chi connectivity index (χ2n) is 5.29. The van der Waals surface area contributed by atoms with Crippen molar-refractivity contribution < 1.29 is 31.1 Å². The molecule has 21 heavy (non-hydrogen) atoms. The minimum atomic E-state index is -5.30. The Morgan fingerprint density at radius 3 is 2.19 bits per heavy atom. The Bertz CT molecular complexity index is 284. The third kappa shape index (κ3) is 6.02. The van der Waals surface area contributed by atoms with Gasteiger partial charge in [0.05, 0.1) is 6.10 Å². The highest BCUT2D eigenvalue weighted by Gasteiger charge is 2.59. The second-order valence-corrected chi connectivity index (χ2v) is 5.29. The lowest BCUT2D eigenvalue weighted by atomic mass is 9.92. The fourth-order valence-corrected chi connectivity index (χ4v) is 2.73. The van der Waals surface area contributed by atoms with Gasteiger partial charge in [0.25, 0.3) is 0 Å². The van der Waals surface area contributed by atoms with Gasteiger partial charge in [0.1, 0.15) is 0 Å². The molecule has 1 aliphatic heterocycles. The van der Waals surface area contributed by atoms with Gasteiger partial charge >= 0.3 is 12.4 Å². The van der Waals surface area contributed by atoms with E-state index in [-0.39, 0.29) is 25.5 Å². The lowest BCUT2D eigenvalue weighted by Gasteiger charge is -2.31. The normalized spacial score (nSPS) is 22.0. The highest BCUT2D eigenvalue weighted by Crippen LogP contribution is 2.42. The monoisotopic (exact) mass is 321 g/mol. The highest BCUT2D eigenvalue weighted by atomic mass is 19.4. The van der Waals surface area contributed by atoms with Crippen LogP contribution in [0.4, 0.5) is 26.3 Å². The first-order chi connectivity index (χ1) is 9.66. The summed E-state index contributed by atoms with van der Waals surface area (Å²) >= 11 is 0. The van der Waals surface area contributed by atoms with Crippen molar-refractivity contribution in [1.82, 2.24) is 5.32 Å². The predicted octanol–water partition coefficient (Wildman–Crippen LogP) is 4.05. The Hall–Kier alpha value is -0.500. The molecule has 2 unspecified atom stereocenters. The molecule has 1 saturated heterocycles. The maximum Gasteiger partial charge on any atom is 0.401 e. The van der Waals surface area contributed by atoms with E-state index in [0.717, 1.165) is 12.8 Å². The van der Waals surface area contributed by atoms with E-state index in [9.17, 15) is 26.3 Å². The molecule has 0 amide bonds. The number of rotatable bonds is 7. The van der Waals surface area contributed by atoms with Gasteiger partial charge in [-0.25, -0.2) is 0 Å². The van der Waals surface area contributed by atoms with Crippen LogP contribution in [-0.2, 0) is 4.74 Å². The largest absolute Gasteiger partial charge is 0.401 e. The van der Waals surface area contributed by atoms with E-state index in [0.29, 0.717) is 13.0 Å². The van der Waals surface area contributed by atoms with E-state index < -0.39 is 24.3 Å². The Morgan fingerprint density at radius 2 is 1.76 bits per heavy atom. The van der Waals surface area contributed by atoms with Crippen molar-refractivity contribution in [1.29, 1.82) is 0 Å². The van der Waals surface area contributed by atoms with Crippen molar-refractivity contribution in [2.45, 2.75) is 63.5 Å². The average Bonchev–Trinajstić information content (AvgIpc) is 2.78. The van der Waals surface area contributed by atoms with Gasteiger partial charge in [-0.3, -0.25) is 0 Å². The minimum absolute atomic E-state index is 0.0255. The number of hydrogen-bond acceptors (Lipinski definition) is 2. The van der Waals surface area contributed by atoms with Crippen molar-refractivity contribution in [3.63, 3.8) is 0 Å². The molecule has 0 aliphatic carbocycles. The summed E-state index contributed by atoms with van der Waals surface area (Å²) in [6.07, 6.45) is -8.28. The van der Waals surface area contributed by atoms with Gasteiger partial charge in [-0.2, -0.15) is 26.3 Å². The van der Waals surface area contributed by atoms with Crippen LogP contribution in [0, 0.1) is 5.92 Å². The Kier molecular flexibility index (Phi) is 6.77. The van der Waals surface area contributed by atoms with Crippen LogP contribution in [0.5, 0.6) is 0 Å². The quantitative estimate of drug-likeness (QED) is 0.714. The van der Waals surface area contributed by atoms with Crippen LogP contribution in [0.25, 0.3) is 0 Å². The maximum absolute atomic E-state index is 12.7. The average molecular weight is 321 g/mol. The first-order valence-corrected chi connectivity index (χ1v) is 7.14. The summed E-state index contributed by atoms with van der Waals surface area (Å²) in [5, 5.41) is 2.34. The fraction of sp³-hybridized carbons (Fsp3) is 1.00. The van der Waals surface area contributed by atoms with Crippen molar-refractivity contribution in [3.8, 4) is 0 Å². The third-order valence-corrected chi connectivity index (χ3v) is 3.64. The Balaban J connectivity index is 2.63. The van der Waals surface area contributed by atoms with Crippen LogP contribution in [0.15, 0.2) is 0 Å². The lowest BCUT2D eigenvalue weighted by Crippen LogP contribution is -2.51. The van der Waals surface area contributed by atoms with Crippen LogP contribution in [0.3, 0.4) is 0 Å². The molecule has 1 aliphatic rings. The van der Waals surface area contributed by atoms with Gasteiger partial charge in [-0.05, 0) is 38.6 Å². The molecule has 1 fully saturated rings. The molecular weight excluding hydrogens is 300 g/mol. The van der Waals surface area contributed by atoms with E-state index in [1.807, 2.05) is 0 Å². The lowest BCUT2D eigenvalue weighted by molar-refractivity contribution is -0.292. The molecule has 0 spiro atoms.